The van der Waals surface area contributed by atoms with Gasteiger partial charge in [0.15, 0.2) is 0 Å². The van der Waals surface area contributed by atoms with Crippen molar-refractivity contribution in [1.82, 2.24) is 0 Å². The summed E-state index contributed by atoms with van der Waals surface area (Å²) in [5, 5.41) is 11.5. The van der Waals surface area contributed by atoms with Gasteiger partial charge in [-0.15, -0.1) is 0 Å². The molecule has 1 aliphatic carbocycles. The summed E-state index contributed by atoms with van der Waals surface area (Å²) in [6.45, 7) is 18.6. The standard InChI is InChI=1S/C20H40O/c1-14(2)10-9-11-17(7)20(21)13-12-19(8,16(5)6)18(20)15(3)4/h14-18,21H,9-13H2,1-8H3/t17?,18-,19-,20+/m1/s1. The third-order valence-electron chi connectivity index (χ3n) is 6.57. The van der Waals surface area contributed by atoms with Crippen LogP contribution >= 0.6 is 0 Å². The highest BCUT2D eigenvalue weighted by Crippen LogP contribution is 2.58. The fraction of sp³-hybridized carbons (Fsp3) is 1.00. The highest BCUT2D eigenvalue weighted by Gasteiger charge is 2.57. The molecule has 0 radical (unpaired) electrons. The lowest BCUT2D eigenvalue weighted by Gasteiger charge is -2.46. The first-order valence-corrected chi connectivity index (χ1v) is 9.28. The second-order valence-electron chi connectivity index (χ2n) is 9.10. The Balaban J connectivity index is 2.87. The average Bonchev–Trinajstić information content (AvgIpc) is 2.63. The van der Waals surface area contributed by atoms with E-state index in [-0.39, 0.29) is 5.41 Å². The summed E-state index contributed by atoms with van der Waals surface area (Å²) in [5.74, 6) is 2.82. The Labute approximate surface area is 133 Å². The Morgan fingerprint density at radius 2 is 1.52 bits per heavy atom. The Morgan fingerprint density at radius 3 is 1.95 bits per heavy atom. The van der Waals surface area contributed by atoms with Crippen LogP contribution in [-0.4, -0.2) is 10.7 Å². The van der Waals surface area contributed by atoms with Crippen LogP contribution in [0.4, 0.5) is 0 Å². The molecule has 21 heavy (non-hydrogen) atoms. The van der Waals surface area contributed by atoms with Gasteiger partial charge in [-0.3, -0.25) is 0 Å². The molecule has 0 bridgehead atoms. The third kappa shape index (κ3) is 3.84. The number of hydrogen-bond acceptors (Lipinski definition) is 1. The predicted octanol–water partition coefficient (Wildman–Crippen LogP) is 5.91. The van der Waals surface area contributed by atoms with Crippen molar-refractivity contribution >= 4 is 0 Å². The summed E-state index contributed by atoms with van der Waals surface area (Å²) >= 11 is 0. The van der Waals surface area contributed by atoms with E-state index in [0.29, 0.717) is 23.7 Å². The molecule has 1 nitrogen and oxygen atoms in total. The fourth-order valence-corrected chi connectivity index (χ4v) is 4.97. The van der Waals surface area contributed by atoms with E-state index in [0.717, 1.165) is 12.3 Å². The van der Waals surface area contributed by atoms with Gasteiger partial charge in [0.05, 0.1) is 5.60 Å². The third-order valence-corrected chi connectivity index (χ3v) is 6.57. The van der Waals surface area contributed by atoms with Gasteiger partial charge in [-0.2, -0.15) is 0 Å². The minimum absolute atomic E-state index is 0.287. The van der Waals surface area contributed by atoms with Gasteiger partial charge in [0, 0.05) is 0 Å². The number of aliphatic hydroxyl groups is 1. The highest BCUT2D eigenvalue weighted by molar-refractivity contribution is 5.07. The van der Waals surface area contributed by atoms with E-state index in [1.54, 1.807) is 0 Å². The zero-order valence-electron chi connectivity index (χ0n) is 15.9. The van der Waals surface area contributed by atoms with Gasteiger partial charge >= 0.3 is 0 Å². The molecule has 0 aliphatic heterocycles. The highest BCUT2D eigenvalue weighted by atomic mass is 16.3. The maximum atomic E-state index is 11.5. The van der Waals surface area contributed by atoms with Crippen molar-refractivity contribution in [1.29, 1.82) is 0 Å². The van der Waals surface area contributed by atoms with Crippen molar-refractivity contribution in [3.8, 4) is 0 Å². The molecule has 0 amide bonds. The fourth-order valence-electron chi connectivity index (χ4n) is 4.97. The van der Waals surface area contributed by atoms with Crippen LogP contribution in [0.5, 0.6) is 0 Å². The Kier molecular flexibility index (Phi) is 6.36. The molecule has 0 aromatic carbocycles. The van der Waals surface area contributed by atoms with E-state index in [2.05, 4.69) is 55.4 Å². The van der Waals surface area contributed by atoms with Crippen LogP contribution in [0.2, 0.25) is 0 Å². The Morgan fingerprint density at radius 1 is 0.952 bits per heavy atom. The van der Waals surface area contributed by atoms with Gasteiger partial charge in [0.25, 0.3) is 0 Å². The van der Waals surface area contributed by atoms with Gasteiger partial charge in [-0.1, -0.05) is 68.2 Å². The predicted molar refractivity (Wildman–Crippen MR) is 93.3 cm³/mol. The molecule has 1 rings (SSSR count). The van der Waals surface area contributed by atoms with E-state index in [9.17, 15) is 5.11 Å². The van der Waals surface area contributed by atoms with E-state index < -0.39 is 5.60 Å². The second-order valence-corrected chi connectivity index (χ2v) is 9.10. The Bertz CT molecular complexity index is 320. The lowest BCUT2D eigenvalue weighted by molar-refractivity contribution is -0.0954. The molecule has 0 aromatic rings. The van der Waals surface area contributed by atoms with Crippen molar-refractivity contribution < 1.29 is 5.11 Å². The molecule has 1 aliphatic rings. The molecular formula is C20H40O. The second kappa shape index (κ2) is 7.02. The minimum atomic E-state index is -0.454. The van der Waals surface area contributed by atoms with Crippen molar-refractivity contribution in [3.63, 3.8) is 0 Å². The molecule has 1 unspecified atom stereocenters. The number of hydrogen-bond donors (Lipinski definition) is 1. The molecule has 0 saturated heterocycles. The van der Waals surface area contributed by atoms with Crippen molar-refractivity contribution in [2.75, 3.05) is 0 Å². The largest absolute Gasteiger partial charge is 0.389 e. The molecule has 4 atom stereocenters. The topological polar surface area (TPSA) is 20.2 Å². The van der Waals surface area contributed by atoms with E-state index in [1.807, 2.05) is 0 Å². The SMILES string of the molecule is CC(C)CCCC(C)[C@@]1(O)CC[C@](C)(C(C)C)[C@H]1C(C)C. The summed E-state index contributed by atoms with van der Waals surface area (Å²) in [5.41, 5.74) is -0.167. The monoisotopic (exact) mass is 296 g/mol. The van der Waals surface area contributed by atoms with Crippen LogP contribution in [0.15, 0.2) is 0 Å². The molecule has 0 spiro atoms. The molecule has 126 valence electrons. The van der Waals surface area contributed by atoms with Crippen LogP contribution in [0.1, 0.15) is 87.5 Å². The zero-order chi connectivity index (χ0) is 16.4. The summed E-state index contributed by atoms with van der Waals surface area (Å²) in [4.78, 5) is 0. The summed E-state index contributed by atoms with van der Waals surface area (Å²) < 4.78 is 0. The van der Waals surface area contributed by atoms with Crippen molar-refractivity contribution in [3.05, 3.63) is 0 Å². The lowest BCUT2D eigenvalue weighted by atomic mass is 9.61. The average molecular weight is 297 g/mol. The van der Waals surface area contributed by atoms with Crippen LogP contribution < -0.4 is 0 Å². The van der Waals surface area contributed by atoms with Crippen LogP contribution in [0, 0.1) is 35.0 Å². The van der Waals surface area contributed by atoms with E-state index >= 15 is 0 Å². The van der Waals surface area contributed by atoms with Gasteiger partial charge in [-0.05, 0) is 54.3 Å². The first-order valence-electron chi connectivity index (χ1n) is 9.28. The maximum absolute atomic E-state index is 11.5. The zero-order valence-corrected chi connectivity index (χ0v) is 15.9. The summed E-state index contributed by atoms with van der Waals surface area (Å²) in [6.07, 6.45) is 5.89. The van der Waals surface area contributed by atoms with Crippen LogP contribution in [-0.2, 0) is 0 Å². The molecule has 0 aromatic heterocycles. The number of rotatable bonds is 7. The lowest BCUT2D eigenvalue weighted by Crippen LogP contribution is -2.48. The van der Waals surface area contributed by atoms with Crippen LogP contribution in [0.25, 0.3) is 0 Å². The summed E-state index contributed by atoms with van der Waals surface area (Å²) in [6, 6.07) is 0. The van der Waals surface area contributed by atoms with E-state index in [4.69, 9.17) is 0 Å². The van der Waals surface area contributed by atoms with Crippen molar-refractivity contribution in [2.45, 2.75) is 93.1 Å². The minimum Gasteiger partial charge on any atom is -0.389 e. The van der Waals surface area contributed by atoms with Crippen LogP contribution in [0.3, 0.4) is 0 Å². The van der Waals surface area contributed by atoms with Gasteiger partial charge in [-0.25, -0.2) is 0 Å². The molecule has 1 fully saturated rings. The smallest absolute Gasteiger partial charge is 0.0709 e. The Hall–Kier alpha value is -0.0400. The quantitative estimate of drug-likeness (QED) is 0.619. The van der Waals surface area contributed by atoms with E-state index in [1.165, 1.54) is 25.7 Å². The summed E-state index contributed by atoms with van der Waals surface area (Å²) in [7, 11) is 0. The maximum Gasteiger partial charge on any atom is 0.0709 e. The first-order chi connectivity index (χ1) is 9.55. The van der Waals surface area contributed by atoms with Crippen molar-refractivity contribution in [2.24, 2.45) is 35.0 Å². The molecule has 1 N–H and O–H groups in total. The molecule has 1 heteroatoms. The van der Waals surface area contributed by atoms with Gasteiger partial charge in [0.1, 0.15) is 0 Å². The first kappa shape index (κ1) is 19.0. The molecule has 0 heterocycles. The van der Waals surface area contributed by atoms with Gasteiger partial charge in [0.2, 0.25) is 0 Å². The normalized spacial score (nSPS) is 35.1. The molecule has 1 saturated carbocycles. The van der Waals surface area contributed by atoms with Gasteiger partial charge < -0.3 is 5.11 Å². The molecular weight excluding hydrogens is 256 g/mol.